The standard InChI is InChI=1S/C12H18N2O3/c1-3-5-10(13)12(16)14(9-6-7-9)8-11(15)17-4-2/h1,9-10H,4-8,13H2,2H3. The molecule has 0 bridgehead atoms. The van der Waals surface area contributed by atoms with Crippen LogP contribution < -0.4 is 5.73 Å². The smallest absolute Gasteiger partial charge is 0.325 e. The lowest BCUT2D eigenvalue weighted by atomic mass is 10.2. The summed E-state index contributed by atoms with van der Waals surface area (Å²) in [4.78, 5) is 24.8. The number of esters is 1. The highest BCUT2D eigenvalue weighted by atomic mass is 16.5. The Morgan fingerprint density at radius 3 is 2.71 bits per heavy atom. The van der Waals surface area contributed by atoms with E-state index in [1.54, 1.807) is 6.92 Å². The zero-order valence-electron chi connectivity index (χ0n) is 10.0. The molecule has 0 aromatic heterocycles. The predicted octanol–water partition coefficient (Wildman–Crippen LogP) is -0.109. The molecule has 17 heavy (non-hydrogen) atoms. The summed E-state index contributed by atoms with van der Waals surface area (Å²) in [5.41, 5.74) is 5.66. The van der Waals surface area contributed by atoms with E-state index in [0.717, 1.165) is 12.8 Å². The number of nitrogens with two attached hydrogens (primary N) is 1. The van der Waals surface area contributed by atoms with Crippen LogP contribution in [0.25, 0.3) is 0 Å². The van der Waals surface area contributed by atoms with Gasteiger partial charge >= 0.3 is 5.97 Å². The molecule has 0 radical (unpaired) electrons. The summed E-state index contributed by atoms with van der Waals surface area (Å²) in [5.74, 6) is 1.68. The summed E-state index contributed by atoms with van der Waals surface area (Å²) in [7, 11) is 0. The summed E-state index contributed by atoms with van der Waals surface area (Å²) in [5, 5.41) is 0. The molecule has 1 amide bonds. The van der Waals surface area contributed by atoms with Crippen LogP contribution in [0, 0.1) is 12.3 Å². The molecule has 1 fully saturated rings. The SMILES string of the molecule is C#CCC(N)C(=O)N(CC(=O)OCC)C1CC1. The summed E-state index contributed by atoms with van der Waals surface area (Å²) in [6.07, 6.45) is 7.12. The third kappa shape index (κ3) is 4.08. The van der Waals surface area contributed by atoms with Gasteiger partial charge < -0.3 is 15.4 Å². The molecule has 94 valence electrons. The fourth-order valence-corrected chi connectivity index (χ4v) is 1.55. The Bertz CT molecular complexity index is 331. The number of ether oxygens (including phenoxy) is 1. The van der Waals surface area contributed by atoms with Crippen LogP contribution in [0.15, 0.2) is 0 Å². The number of rotatable bonds is 6. The van der Waals surface area contributed by atoms with Crippen LogP contribution in [0.5, 0.6) is 0 Å². The molecule has 1 rings (SSSR count). The Morgan fingerprint density at radius 2 is 2.24 bits per heavy atom. The summed E-state index contributed by atoms with van der Waals surface area (Å²) in [6, 6.07) is -0.606. The molecule has 0 saturated heterocycles. The lowest BCUT2D eigenvalue weighted by molar-refractivity contribution is -0.149. The van der Waals surface area contributed by atoms with E-state index < -0.39 is 12.0 Å². The van der Waals surface area contributed by atoms with Crippen molar-refractivity contribution in [2.75, 3.05) is 13.2 Å². The first kappa shape index (κ1) is 13.5. The van der Waals surface area contributed by atoms with Gasteiger partial charge in [-0.2, -0.15) is 0 Å². The van der Waals surface area contributed by atoms with Crippen LogP contribution >= 0.6 is 0 Å². The average Bonchev–Trinajstić information content (AvgIpc) is 3.09. The monoisotopic (exact) mass is 238 g/mol. The third-order valence-electron chi connectivity index (χ3n) is 2.53. The molecule has 0 heterocycles. The topological polar surface area (TPSA) is 72.6 Å². The molecule has 0 aromatic carbocycles. The number of amides is 1. The number of hydrogen-bond acceptors (Lipinski definition) is 4. The first-order valence-corrected chi connectivity index (χ1v) is 5.75. The minimum Gasteiger partial charge on any atom is -0.465 e. The van der Waals surface area contributed by atoms with E-state index >= 15 is 0 Å². The van der Waals surface area contributed by atoms with E-state index in [2.05, 4.69) is 5.92 Å². The number of nitrogens with zero attached hydrogens (tertiary/aromatic N) is 1. The normalized spacial score (nSPS) is 15.8. The number of terminal acetylenes is 1. The average molecular weight is 238 g/mol. The van der Waals surface area contributed by atoms with Crippen molar-refractivity contribution in [3.8, 4) is 12.3 Å². The quantitative estimate of drug-likeness (QED) is 0.517. The van der Waals surface area contributed by atoms with Crippen LogP contribution in [0.2, 0.25) is 0 Å². The van der Waals surface area contributed by atoms with E-state index in [9.17, 15) is 9.59 Å². The highest BCUT2D eigenvalue weighted by Crippen LogP contribution is 2.27. The Morgan fingerprint density at radius 1 is 1.59 bits per heavy atom. The van der Waals surface area contributed by atoms with Gasteiger partial charge in [0.05, 0.1) is 12.6 Å². The second-order valence-corrected chi connectivity index (χ2v) is 4.02. The van der Waals surface area contributed by atoms with Gasteiger partial charge in [-0.15, -0.1) is 12.3 Å². The highest BCUT2D eigenvalue weighted by molar-refractivity contribution is 5.86. The molecule has 0 spiro atoms. The van der Waals surface area contributed by atoms with Gasteiger partial charge in [-0.3, -0.25) is 9.59 Å². The lowest BCUT2D eigenvalue weighted by Crippen LogP contribution is -2.47. The van der Waals surface area contributed by atoms with Gasteiger partial charge in [0.1, 0.15) is 6.54 Å². The Kier molecular flexibility index (Phi) is 4.98. The van der Waals surface area contributed by atoms with Crippen LogP contribution in [-0.2, 0) is 14.3 Å². The minimum absolute atomic E-state index is 0.0321. The van der Waals surface area contributed by atoms with Crippen LogP contribution in [0.4, 0.5) is 0 Å². The van der Waals surface area contributed by atoms with Gasteiger partial charge in [0.2, 0.25) is 5.91 Å². The number of hydrogen-bond donors (Lipinski definition) is 1. The van der Waals surface area contributed by atoms with Crippen molar-refractivity contribution < 1.29 is 14.3 Å². The zero-order valence-corrected chi connectivity index (χ0v) is 10.0. The van der Waals surface area contributed by atoms with Gasteiger partial charge in [0, 0.05) is 12.5 Å². The van der Waals surface area contributed by atoms with E-state index in [1.165, 1.54) is 4.90 Å². The molecule has 1 unspecified atom stereocenters. The third-order valence-corrected chi connectivity index (χ3v) is 2.53. The highest BCUT2D eigenvalue weighted by Gasteiger charge is 2.35. The second-order valence-electron chi connectivity index (χ2n) is 4.02. The van der Waals surface area contributed by atoms with Crippen LogP contribution in [0.1, 0.15) is 26.2 Å². The molecular formula is C12H18N2O3. The van der Waals surface area contributed by atoms with E-state index in [1.807, 2.05) is 0 Å². The van der Waals surface area contributed by atoms with Crippen LogP contribution in [-0.4, -0.2) is 42.0 Å². The van der Waals surface area contributed by atoms with Gasteiger partial charge in [-0.25, -0.2) is 0 Å². The molecule has 2 N–H and O–H groups in total. The maximum Gasteiger partial charge on any atom is 0.325 e. The minimum atomic E-state index is -0.727. The molecule has 5 heteroatoms. The van der Waals surface area contributed by atoms with Crippen molar-refractivity contribution in [3.63, 3.8) is 0 Å². The summed E-state index contributed by atoms with van der Waals surface area (Å²) >= 11 is 0. The zero-order chi connectivity index (χ0) is 12.8. The largest absolute Gasteiger partial charge is 0.465 e. The maximum atomic E-state index is 12.0. The molecule has 5 nitrogen and oxygen atoms in total. The fraction of sp³-hybridized carbons (Fsp3) is 0.667. The molecule has 1 aliphatic carbocycles. The predicted molar refractivity (Wildman–Crippen MR) is 62.8 cm³/mol. The molecule has 1 aliphatic rings. The van der Waals surface area contributed by atoms with Crippen molar-refractivity contribution in [3.05, 3.63) is 0 Å². The van der Waals surface area contributed by atoms with E-state index in [-0.39, 0.29) is 24.9 Å². The molecule has 0 aliphatic heterocycles. The Balaban J connectivity index is 2.56. The Labute approximate surface area is 101 Å². The first-order chi connectivity index (χ1) is 8.10. The van der Waals surface area contributed by atoms with Gasteiger partial charge in [0.15, 0.2) is 0 Å². The van der Waals surface area contributed by atoms with Crippen molar-refractivity contribution in [1.29, 1.82) is 0 Å². The van der Waals surface area contributed by atoms with Gasteiger partial charge in [0.25, 0.3) is 0 Å². The lowest BCUT2D eigenvalue weighted by Gasteiger charge is -2.23. The second kappa shape index (κ2) is 6.26. The maximum absolute atomic E-state index is 12.0. The Hall–Kier alpha value is -1.54. The van der Waals surface area contributed by atoms with E-state index in [0.29, 0.717) is 6.61 Å². The molecular weight excluding hydrogens is 220 g/mol. The molecule has 0 aromatic rings. The van der Waals surface area contributed by atoms with E-state index in [4.69, 9.17) is 16.9 Å². The number of carbonyl (C=O) groups excluding carboxylic acids is 2. The summed E-state index contributed by atoms with van der Waals surface area (Å²) < 4.78 is 4.83. The first-order valence-electron chi connectivity index (χ1n) is 5.75. The van der Waals surface area contributed by atoms with Crippen LogP contribution in [0.3, 0.4) is 0 Å². The van der Waals surface area contributed by atoms with Crippen molar-refractivity contribution in [2.45, 2.75) is 38.3 Å². The van der Waals surface area contributed by atoms with Gasteiger partial charge in [-0.1, -0.05) is 0 Å². The van der Waals surface area contributed by atoms with Gasteiger partial charge in [-0.05, 0) is 19.8 Å². The van der Waals surface area contributed by atoms with Crippen molar-refractivity contribution in [1.82, 2.24) is 4.90 Å². The van der Waals surface area contributed by atoms with Crippen molar-refractivity contribution >= 4 is 11.9 Å². The molecule has 1 atom stereocenters. The fourth-order valence-electron chi connectivity index (χ4n) is 1.55. The number of carbonyl (C=O) groups is 2. The molecule has 1 saturated carbocycles. The summed E-state index contributed by atoms with van der Waals surface area (Å²) in [6.45, 7) is 2.00. The van der Waals surface area contributed by atoms with Crippen molar-refractivity contribution in [2.24, 2.45) is 5.73 Å².